The monoisotopic (exact) mass is 215 g/mol. The third kappa shape index (κ3) is 2.77. The molecular weight excluding hydrogens is 202 g/mol. The Morgan fingerprint density at radius 2 is 2.36 bits per heavy atom. The van der Waals surface area contributed by atoms with Crippen molar-refractivity contribution in [1.82, 2.24) is 4.90 Å². The number of carbonyl (C=O) groups excluding carboxylic acids is 1. The van der Waals surface area contributed by atoms with Crippen molar-refractivity contribution in [3.05, 3.63) is 12.7 Å². The lowest BCUT2D eigenvalue weighted by atomic mass is 10.2. The van der Waals surface area contributed by atoms with E-state index in [-0.39, 0.29) is 18.4 Å². The first-order valence-corrected chi connectivity index (χ1v) is 5.53. The second kappa shape index (κ2) is 5.05. The van der Waals surface area contributed by atoms with E-state index in [1.807, 2.05) is 0 Å². The number of thioether (sulfide) groups is 1. The smallest absolute Gasteiger partial charge is 0.305 e. The first-order chi connectivity index (χ1) is 6.65. The number of nitrogens with zero attached hydrogens (tertiary/aromatic N) is 1. The number of amides is 1. The molecule has 0 aromatic heterocycles. The SMILES string of the molecule is C=CC(=O)N1CCSCC1CC(=O)O. The van der Waals surface area contributed by atoms with Crippen LogP contribution in [0.1, 0.15) is 6.42 Å². The molecular formula is C9H13NO3S. The minimum absolute atomic E-state index is 0.0204. The molecule has 4 nitrogen and oxygen atoms in total. The van der Waals surface area contributed by atoms with Crippen molar-refractivity contribution < 1.29 is 14.7 Å². The van der Waals surface area contributed by atoms with E-state index in [1.54, 1.807) is 16.7 Å². The van der Waals surface area contributed by atoms with Crippen LogP contribution in [0.3, 0.4) is 0 Å². The summed E-state index contributed by atoms with van der Waals surface area (Å²) in [6.45, 7) is 4.02. The lowest BCUT2D eigenvalue weighted by Gasteiger charge is -2.33. The topological polar surface area (TPSA) is 57.6 Å². The van der Waals surface area contributed by atoms with Gasteiger partial charge in [-0.25, -0.2) is 0 Å². The van der Waals surface area contributed by atoms with Crippen LogP contribution in [-0.4, -0.2) is 46.0 Å². The summed E-state index contributed by atoms with van der Waals surface area (Å²) in [7, 11) is 0. The zero-order valence-corrected chi connectivity index (χ0v) is 8.63. The Kier molecular flexibility index (Phi) is 4.00. The summed E-state index contributed by atoms with van der Waals surface area (Å²) in [4.78, 5) is 23.5. The number of aliphatic carboxylic acids is 1. The van der Waals surface area contributed by atoms with Crippen molar-refractivity contribution >= 4 is 23.6 Å². The Balaban J connectivity index is 2.63. The van der Waals surface area contributed by atoms with E-state index < -0.39 is 5.97 Å². The maximum Gasteiger partial charge on any atom is 0.305 e. The Hall–Kier alpha value is -0.970. The van der Waals surface area contributed by atoms with Crippen LogP contribution in [0.5, 0.6) is 0 Å². The van der Waals surface area contributed by atoms with Crippen molar-refractivity contribution in [3.63, 3.8) is 0 Å². The summed E-state index contributed by atoms with van der Waals surface area (Å²) in [6, 6.07) is -0.184. The van der Waals surface area contributed by atoms with E-state index in [0.717, 1.165) is 5.75 Å². The highest BCUT2D eigenvalue weighted by Gasteiger charge is 2.27. The van der Waals surface area contributed by atoms with Gasteiger partial charge in [-0.2, -0.15) is 11.8 Å². The number of carboxylic acids is 1. The Bertz CT molecular complexity index is 254. The van der Waals surface area contributed by atoms with Gasteiger partial charge in [-0.15, -0.1) is 0 Å². The molecule has 1 aliphatic heterocycles. The Morgan fingerprint density at radius 1 is 1.64 bits per heavy atom. The first kappa shape index (κ1) is 11.1. The average Bonchev–Trinajstić information content (AvgIpc) is 2.16. The van der Waals surface area contributed by atoms with E-state index in [1.165, 1.54) is 6.08 Å². The van der Waals surface area contributed by atoms with Crippen LogP contribution in [0.25, 0.3) is 0 Å². The second-order valence-electron chi connectivity index (χ2n) is 3.06. The number of carboxylic acid groups (broad SMARTS) is 1. The predicted octanol–water partition coefficient (Wildman–Crippen LogP) is 0.591. The molecule has 78 valence electrons. The zero-order valence-electron chi connectivity index (χ0n) is 7.81. The second-order valence-corrected chi connectivity index (χ2v) is 4.21. The molecule has 1 aliphatic rings. The molecule has 1 heterocycles. The molecule has 0 aliphatic carbocycles. The quantitative estimate of drug-likeness (QED) is 0.700. The van der Waals surface area contributed by atoms with Gasteiger partial charge in [-0.1, -0.05) is 6.58 Å². The van der Waals surface area contributed by atoms with Gasteiger partial charge in [0.2, 0.25) is 5.91 Å². The van der Waals surface area contributed by atoms with Gasteiger partial charge in [0.25, 0.3) is 0 Å². The molecule has 1 fully saturated rings. The molecule has 1 unspecified atom stereocenters. The van der Waals surface area contributed by atoms with E-state index in [2.05, 4.69) is 6.58 Å². The molecule has 0 radical (unpaired) electrons. The molecule has 14 heavy (non-hydrogen) atoms. The highest BCUT2D eigenvalue weighted by Crippen LogP contribution is 2.19. The first-order valence-electron chi connectivity index (χ1n) is 4.37. The largest absolute Gasteiger partial charge is 0.481 e. The average molecular weight is 215 g/mol. The number of rotatable bonds is 3. The van der Waals surface area contributed by atoms with Crippen molar-refractivity contribution in [2.45, 2.75) is 12.5 Å². The third-order valence-corrected chi connectivity index (χ3v) is 3.19. The van der Waals surface area contributed by atoms with Gasteiger partial charge in [0.05, 0.1) is 12.5 Å². The van der Waals surface area contributed by atoms with E-state index in [9.17, 15) is 9.59 Å². The summed E-state index contributed by atoms with van der Waals surface area (Å²) in [5.74, 6) is 0.539. The molecule has 5 heteroatoms. The van der Waals surface area contributed by atoms with Crippen molar-refractivity contribution in [3.8, 4) is 0 Å². The van der Waals surface area contributed by atoms with Crippen LogP contribution in [0.15, 0.2) is 12.7 Å². The standard InChI is InChI=1S/C9H13NO3S/c1-2-8(11)10-3-4-14-6-7(10)5-9(12)13/h2,7H,1,3-6H2,(H,12,13). The number of hydrogen-bond donors (Lipinski definition) is 1. The van der Waals surface area contributed by atoms with E-state index >= 15 is 0 Å². The van der Waals surface area contributed by atoms with Crippen LogP contribution in [0.2, 0.25) is 0 Å². The Morgan fingerprint density at radius 3 is 2.93 bits per heavy atom. The maximum absolute atomic E-state index is 11.4. The summed E-state index contributed by atoms with van der Waals surface area (Å²) < 4.78 is 0. The van der Waals surface area contributed by atoms with Crippen LogP contribution < -0.4 is 0 Å². The fourth-order valence-electron chi connectivity index (χ4n) is 1.43. The van der Waals surface area contributed by atoms with Crippen LogP contribution in [-0.2, 0) is 9.59 Å². The zero-order chi connectivity index (χ0) is 10.6. The molecule has 0 aromatic rings. The molecule has 1 saturated heterocycles. The molecule has 1 N–H and O–H groups in total. The Labute approximate surface area is 87.0 Å². The summed E-state index contributed by atoms with van der Waals surface area (Å²) in [6.07, 6.45) is 1.26. The highest BCUT2D eigenvalue weighted by atomic mass is 32.2. The molecule has 1 rings (SSSR count). The summed E-state index contributed by atoms with van der Waals surface area (Å²) in [5.41, 5.74) is 0. The molecule has 1 atom stereocenters. The van der Waals surface area contributed by atoms with Crippen molar-refractivity contribution in [1.29, 1.82) is 0 Å². The molecule has 0 aromatic carbocycles. The van der Waals surface area contributed by atoms with Crippen LogP contribution in [0, 0.1) is 0 Å². The van der Waals surface area contributed by atoms with Gasteiger partial charge in [0, 0.05) is 18.1 Å². The van der Waals surface area contributed by atoms with Gasteiger partial charge in [-0.05, 0) is 6.08 Å². The van der Waals surface area contributed by atoms with Crippen LogP contribution >= 0.6 is 11.8 Å². The van der Waals surface area contributed by atoms with Crippen molar-refractivity contribution in [2.75, 3.05) is 18.1 Å². The molecule has 0 saturated carbocycles. The van der Waals surface area contributed by atoms with E-state index in [4.69, 9.17) is 5.11 Å². The van der Waals surface area contributed by atoms with Gasteiger partial charge in [0.1, 0.15) is 0 Å². The van der Waals surface area contributed by atoms with Crippen LogP contribution in [0.4, 0.5) is 0 Å². The van der Waals surface area contributed by atoms with Gasteiger partial charge in [-0.3, -0.25) is 9.59 Å². The fourth-order valence-corrected chi connectivity index (χ4v) is 2.50. The summed E-state index contributed by atoms with van der Waals surface area (Å²) >= 11 is 1.69. The number of carbonyl (C=O) groups is 2. The molecule has 1 amide bonds. The van der Waals surface area contributed by atoms with Gasteiger partial charge < -0.3 is 10.0 Å². The normalized spacial score (nSPS) is 21.7. The van der Waals surface area contributed by atoms with Gasteiger partial charge >= 0.3 is 5.97 Å². The number of hydrogen-bond acceptors (Lipinski definition) is 3. The third-order valence-electron chi connectivity index (χ3n) is 2.10. The minimum atomic E-state index is -0.862. The fraction of sp³-hybridized carbons (Fsp3) is 0.556. The minimum Gasteiger partial charge on any atom is -0.481 e. The van der Waals surface area contributed by atoms with Crippen molar-refractivity contribution in [2.24, 2.45) is 0 Å². The summed E-state index contributed by atoms with van der Waals surface area (Å²) in [5, 5.41) is 8.66. The maximum atomic E-state index is 11.4. The van der Waals surface area contributed by atoms with Gasteiger partial charge in [0.15, 0.2) is 0 Å². The lowest BCUT2D eigenvalue weighted by molar-refractivity contribution is -0.139. The van der Waals surface area contributed by atoms with E-state index in [0.29, 0.717) is 12.3 Å². The molecule has 0 bridgehead atoms. The highest BCUT2D eigenvalue weighted by molar-refractivity contribution is 7.99. The predicted molar refractivity (Wildman–Crippen MR) is 55.3 cm³/mol. The lowest BCUT2D eigenvalue weighted by Crippen LogP contribution is -2.46. The molecule has 0 spiro atoms.